The molecule has 0 radical (unpaired) electrons. The summed E-state index contributed by atoms with van der Waals surface area (Å²) < 4.78 is 10.5. The van der Waals surface area contributed by atoms with Crippen LogP contribution in [-0.4, -0.2) is 39.3 Å². The van der Waals surface area contributed by atoms with Gasteiger partial charge in [0.15, 0.2) is 18.0 Å². The number of piperidine rings is 1. The predicted molar refractivity (Wildman–Crippen MR) is 93.9 cm³/mol. The highest BCUT2D eigenvalue weighted by Gasteiger charge is 2.37. The number of amides is 1. The Morgan fingerprint density at radius 3 is 2.67 bits per heavy atom. The van der Waals surface area contributed by atoms with Crippen molar-refractivity contribution in [1.29, 1.82) is 0 Å². The van der Waals surface area contributed by atoms with E-state index in [0.717, 1.165) is 18.2 Å². The number of benzene rings is 1. The maximum Gasteiger partial charge on any atom is 0.279 e. The van der Waals surface area contributed by atoms with Gasteiger partial charge in [0.25, 0.3) is 5.91 Å². The zero-order valence-corrected chi connectivity index (χ0v) is 14.8. The normalized spacial score (nSPS) is 26.3. The number of carbonyl (C=O) groups excluding carboxylic acids is 1. The topological polar surface area (TPSA) is 52.0 Å². The maximum absolute atomic E-state index is 12.5. The van der Waals surface area contributed by atoms with E-state index < -0.39 is 0 Å². The zero-order valence-electron chi connectivity index (χ0n) is 14.8. The number of anilines is 1. The van der Waals surface area contributed by atoms with E-state index in [1.54, 1.807) is 14.2 Å². The second-order valence-corrected chi connectivity index (χ2v) is 7.00. The van der Waals surface area contributed by atoms with Crippen molar-refractivity contribution < 1.29 is 19.2 Å². The summed E-state index contributed by atoms with van der Waals surface area (Å²) in [4.78, 5) is 14.0. The number of hydrogen-bond donors (Lipinski definition) is 2. The van der Waals surface area contributed by atoms with Gasteiger partial charge in [-0.15, -0.1) is 0 Å². The number of carbonyl (C=O) groups is 1. The zero-order chi connectivity index (χ0) is 16.9. The fourth-order valence-corrected chi connectivity index (χ4v) is 4.41. The van der Waals surface area contributed by atoms with Crippen LogP contribution in [0.25, 0.3) is 0 Å². The van der Waals surface area contributed by atoms with Gasteiger partial charge in [-0.25, -0.2) is 0 Å². The molecule has 1 aliphatic carbocycles. The van der Waals surface area contributed by atoms with Gasteiger partial charge in [-0.05, 0) is 44.2 Å². The average Bonchev–Trinajstić information content (AvgIpc) is 2.62. The highest BCUT2D eigenvalue weighted by Crippen LogP contribution is 2.30. The first-order valence-corrected chi connectivity index (χ1v) is 9.07. The molecule has 1 aromatic rings. The first-order chi connectivity index (χ1) is 11.7. The Kier molecular flexibility index (Phi) is 5.61. The molecule has 2 aliphatic rings. The minimum atomic E-state index is 0.0865. The molecule has 0 aromatic heterocycles. The van der Waals surface area contributed by atoms with Crippen molar-refractivity contribution in [1.82, 2.24) is 0 Å². The number of quaternary nitrogens is 1. The van der Waals surface area contributed by atoms with Gasteiger partial charge in [0.2, 0.25) is 0 Å². The number of rotatable bonds is 5. The molecule has 1 heterocycles. The molecule has 3 rings (SSSR count). The Labute approximate surface area is 144 Å². The van der Waals surface area contributed by atoms with E-state index in [1.165, 1.54) is 43.4 Å². The lowest BCUT2D eigenvalue weighted by atomic mass is 9.78. The summed E-state index contributed by atoms with van der Waals surface area (Å²) in [5.41, 5.74) is 0.759. The largest absolute Gasteiger partial charge is 0.493 e. The van der Waals surface area contributed by atoms with Crippen LogP contribution in [-0.2, 0) is 4.79 Å². The van der Waals surface area contributed by atoms with Gasteiger partial charge >= 0.3 is 0 Å². The van der Waals surface area contributed by atoms with Crippen LogP contribution in [0.4, 0.5) is 5.69 Å². The van der Waals surface area contributed by atoms with Crippen LogP contribution in [0.5, 0.6) is 11.5 Å². The fraction of sp³-hybridized carbons (Fsp3) is 0.632. The summed E-state index contributed by atoms with van der Waals surface area (Å²) in [6.07, 6.45) is 7.93. The van der Waals surface area contributed by atoms with Gasteiger partial charge < -0.3 is 19.7 Å². The number of likely N-dealkylation sites (tertiary alicyclic amines) is 1. The van der Waals surface area contributed by atoms with Crippen molar-refractivity contribution in [3.8, 4) is 11.5 Å². The van der Waals surface area contributed by atoms with Gasteiger partial charge in [0.05, 0.1) is 26.8 Å². The lowest BCUT2D eigenvalue weighted by Gasteiger charge is -2.40. The van der Waals surface area contributed by atoms with Crippen LogP contribution in [0.15, 0.2) is 18.2 Å². The van der Waals surface area contributed by atoms with Gasteiger partial charge in [-0.3, -0.25) is 4.79 Å². The van der Waals surface area contributed by atoms with Crippen molar-refractivity contribution in [3.05, 3.63) is 18.2 Å². The fourth-order valence-electron chi connectivity index (χ4n) is 4.41. The Hall–Kier alpha value is -1.75. The summed E-state index contributed by atoms with van der Waals surface area (Å²) in [5, 5.41) is 3.02. The molecule has 1 unspecified atom stereocenters. The van der Waals surface area contributed by atoms with Crippen molar-refractivity contribution >= 4 is 11.6 Å². The summed E-state index contributed by atoms with van der Waals surface area (Å²) in [5.74, 6) is 2.22. The number of methoxy groups -OCH3 is 2. The number of nitrogens with one attached hydrogen (secondary N) is 2. The Balaban J connectivity index is 1.60. The third-order valence-corrected chi connectivity index (χ3v) is 5.56. The molecule has 1 saturated carbocycles. The van der Waals surface area contributed by atoms with E-state index in [9.17, 15) is 4.79 Å². The molecule has 2 N–H and O–H groups in total. The van der Waals surface area contributed by atoms with Crippen LogP contribution in [0.3, 0.4) is 0 Å². The molecule has 1 aromatic carbocycles. The number of fused-ring (bicyclic) bond motifs is 1. The Morgan fingerprint density at radius 2 is 1.88 bits per heavy atom. The number of hydrogen-bond acceptors (Lipinski definition) is 3. The summed E-state index contributed by atoms with van der Waals surface area (Å²) in [6.45, 7) is 1.69. The molecule has 1 amide bonds. The lowest BCUT2D eigenvalue weighted by molar-refractivity contribution is -0.928. The maximum atomic E-state index is 12.5. The molecular formula is C19H29N2O3+. The highest BCUT2D eigenvalue weighted by molar-refractivity contribution is 5.91. The standard InChI is InChI=1S/C19H28N2O3/c1-23-17-10-9-15(12-18(17)24-2)20-19(22)13-21-11-5-7-14-6-3-4-8-16(14)21/h9-10,12,14,16H,3-8,11,13H2,1-2H3,(H,20,22)/p+1/t14-,16+/m1/s1. The van der Waals surface area contributed by atoms with Crippen molar-refractivity contribution in [2.24, 2.45) is 5.92 Å². The van der Waals surface area contributed by atoms with Crippen LogP contribution < -0.4 is 19.7 Å². The first-order valence-electron chi connectivity index (χ1n) is 9.07. The van der Waals surface area contributed by atoms with Crippen molar-refractivity contribution in [2.45, 2.75) is 44.6 Å². The van der Waals surface area contributed by atoms with E-state index in [4.69, 9.17) is 9.47 Å². The molecule has 3 atom stereocenters. The second-order valence-electron chi connectivity index (χ2n) is 7.00. The van der Waals surface area contributed by atoms with E-state index in [0.29, 0.717) is 24.1 Å². The molecular weight excluding hydrogens is 304 g/mol. The van der Waals surface area contributed by atoms with Crippen LogP contribution in [0, 0.1) is 5.92 Å². The summed E-state index contributed by atoms with van der Waals surface area (Å²) >= 11 is 0. The summed E-state index contributed by atoms with van der Waals surface area (Å²) in [6, 6.07) is 6.17. The lowest BCUT2D eigenvalue weighted by Crippen LogP contribution is -3.18. The molecule has 1 saturated heterocycles. The smallest absolute Gasteiger partial charge is 0.279 e. The van der Waals surface area contributed by atoms with Crippen molar-refractivity contribution in [2.75, 3.05) is 32.6 Å². The van der Waals surface area contributed by atoms with Gasteiger partial charge in [0, 0.05) is 17.7 Å². The molecule has 132 valence electrons. The van der Waals surface area contributed by atoms with E-state index in [1.807, 2.05) is 18.2 Å². The minimum absolute atomic E-state index is 0.0865. The molecule has 0 spiro atoms. The molecule has 1 aliphatic heterocycles. The minimum Gasteiger partial charge on any atom is -0.493 e. The van der Waals surface area contributed by atoms with Crippen molar-refractivity contribution in [3.63, 3.8) is 0 Å². The molecule has 5 heteroatoms. The molecule has 24 heavy (non-hydrogen) atoms. The van der Waals surface area contributed by atoms with Crippen LogP contribution >= 0.6 is 0 Å². The van der Waals surface area contributed by atoms with Crippen LogP contribution in [0.1, 0.15) is 38.5 Å². The van der Waals surface area contributed by atoms with Gasteiger partial charge in [-0.1, -0.05) is 6.42 Å². The Bertz CT molecular complexity index is 574. The molecule has 2 fully saturated rings. The predicted octanol–water partition coefficient (Wildman–Crippen LogP) is 1.88. The molecule has 5 nitrogen and oxygen atoms in total. The monoisotopic (exact) mass is 333 g/mol. The van der Waals surface area contributed by atoms with E-state index >= 15 is 0 Å². The highest BCUT2D eigenvalue weighted by atomic mass is 16.5. The van der Waals surface area contributed by atoms with E-state index in [2.05, 4.69) is 5.32 Å². The Morgan fingerprint density at radius 1 is 1.12 bits per heavy atom. The quantitative estimate of drug-likeness (QED) is 0.865. The van der Waals surface area contributed by atoms with Gasteiger partial charge in [0.1, 0.15) is 0 Å². The first kappa shape index (κ1) is 17.1. The molecule has 0 bridgehead atoms. The SMILES string of the molecule is COc1ccc(NC(=O)C[NH+]2CCC[C@H]3CCCC[C@@H]32)cc1OC. The average molecular weight is 333 g/mol. The summed E-state index contributed by atoms with van der Waals surface area (Å²) in [7, 11) is 3.21. The third-order valence-electron chi connectivity index (χ3n) is 5.56. The third kappa shape index (κ3) is 3.83. The number of ether oxygens (including phenoxy) is 2. The second kappa shape index (κ2) is 7.88. The van der Waals surface area contributed by atoms with Gasteiger partial charge in [-0.2, -0.15) is 0 Å². The van der Waals surface area contributed by atoms with Crippen LogP contribution in [0.2, 0.25) is 0 Å². The van der Waals surface area contributed by atoms with E-state index in [-0.39, 0.29) is 5.91 Å².